The Morgan fingerprint density at radius 2 is 1.08 bits per heavy atom. The van der Waals surface area contributed by atoms with Gasteiger partial charge in [-0.05, 0) is 34.4 Å². The molecule has 0 heterocycles. The van der Waals surface area contributed by atoms with E-state index in [1.54, 1.807) is 24.3 Å². The monoisotopic (exact) mass is 328 g/mol. The lowest BCUT2D eigenvalue weighted by molar-refractivity contribution is -0.137. The van der Waals surface area contributed by atoms with E-state index in [1.165, 1.54) is 12.1 Å². The summed E-state index contributed by atoms with van der Waals surface area (Å²) < 4.78 is 37.8. The van der Waals surface area contributed by atoms with E-state index in [9.17, 15) is 18.3 Å². The van der Waals surface area contributed by atoms with E-state index in [4.69, 9.17) is 0 Å². The van der Waals surface area contributed by atoms with Crippen LogP contribution in [0, 0.1) is 0 Å². The predicted molar refractivity (Wildman–Crippen MR) is 87.4 cm³/mol. The Morgan fingerprint density at radius 1 is 0.625 bits per heavy atom. The molecule has 0 amide bonds. The van der Waals surface area contributed by atoms with Gasteiger partial charge in [0, 0.05) is 0 Å². The van der Waals surface area contributed by atoms with E-state index in [-0.39, 0.29) is 0 Å². The van der Waals surface area contributed by atoms with Crippen molar-refractivity contribution in [2.75, 3.05) is 0 Å². The Bertz CT molecular complexity index is 791. The van der Waals surface area contributed by atoms with Crippen molar-refractivity contribution < 1.29 is 18.3 Å². The molecule has 1 unspecified atom stereocenters. The topological polar surface area (TPSA) is 20.2 Å². The molecule has 0 saturated carbocycles. The Hall–Kier alpha value is -2.59. The van der Waals surface area contributed by atoms with Crippen LogP contribution in [0.1, 0.15) is 22.8 Å². The molecule has 0 saturated heterocycles. The van der Waals surface area contributed by atoms with Crippen LogP contribution in [0.25, 0.3) is 11.1 Å². The first-order valence-corrected chi connectivity index (χ1v) is 7.46. The molecular weight excluding hydrogens is 313 g/mol. The van der Waals surface area contributed by atoms with Gasteiger partial charge in [0.25, 0.3) is 0 Å². The summed E-state index contributed by atoms with van der Waals surface area (Å²) in [6, 6.07) is 21.5. The van der Waals surface area contributed by atoms with Crippen molar-refractivity contribution in [3.05, 3.63) is 95.6 Å². The van der Waals surface area contributed by atoms with Crippen LogP contribution < -0.4 is 0 Å². The first-order valence-electron chi connectivity index (χ1n) is 7.46. The van der Waals surface area contributed by atoms with Crippen LogP contribution in [-0.2, 0) is 6.18 Å². The molecule has 3 aromatic carbocycles. The van der Waals surface area contributed by atoms with Crippen molar-refractivity contribution >= 4 is 0 Å². The summed E-state index contributed by atoms with van der Waals surface area (Å²) in [5, 5.41) is 10.4. The highest BCUT2D eigenvalue weighted by atomic mass is 19.4. The zero-order chi connectivity index (χ0) is 17.2. The molecule has 3 rings (SSSR count). The summed E-state index contributed by atoms with van der Waals surface area (Å²) >= 11 is 0. The lowest BCUT2D eigenvalue weighted by Gasteiger charge is -2.12. The van der Waals surface area contributed by atoms with Crippen molar-refractivity contribution in [1.29, 1.82) is 0 Å². The van der Waals surface area contributed by atoms with Crippen LogP contribution in [0.2, 0.25) is 0 Å². The third kappa shape index (κ3) is 3.49. The zero-order valence-corrected chi connectivity index (χ0v) is 12.7. The molecule has 0 bridgehead atoms. The lowest BCUT2D eigenvalue weighted by Crippen LogP contribution is -2.04. The van der Waals surface area contributed by atoms with E-state index in [2.05, 4.69) is 0 Å². The molecule has 0 radical (unpaired) electrons. The summed E-state index contributed by atoms with van der Waals surface area (Å²) in [5.41, 5.74) is 2.36. The standard InChI is InChI=1S/C20H15F3O/c21-20(22,23)18-12-10-15(11-13-18)14-6-8-17(9-7-14)19(24)16-4-2-1-3-5-16/h1-13,19,24H. The largest absolute Gasteiger partial charge is 0.416 e. The molecule has 0 spiro atoms. The third-order valence-corrected chi connectivity index (χ3v) is 3.89. The van der Waals surface area contributed by atoms with Crippen molar-refractivity contribution in [2.24, 2.45) is 0 Å². The van der Waals surface area contributed by atoms with Crippen LogP contribution in [0.4, 0.5) is 13.2 Å². The van der Waals surface area contributed by atoms with Crippen molar-refractivity contribution in [1.82, 2.24) is 0 Å². The normalized spacial score (nSPS) is 12.8. The molecular formula is C20H15F3O. The average molecular weight is 328 g/mol. The smallest absolute Gasteiger partial charge is 0.384 e. The highest BCUT2D eigenvalue weighted by Crippen LogP contribution is 2.31. The summed E-state index contributed by atoms with van der Waals surface area (Å²) in [5.74, 6) is 0. The number of benzene rings is 3. The first kappa shape index (κ1) is 16.3. The SMILES string of the molecule is OC(c1ccccc1)c1ccc(-c2ccc(C(F)(F)F)cc2)cc1. The zero-order valence-electron chi connectivity index (χ0n) is 12.7. The maximum Gasteiger partial charge on any atom is 0.416 e. The number of rotatable bonds is 3. The fraction of sp³-hybridized carbons (Fsp3) is 0.100. The molecule has 0 aliphatic rings. The Kier molecular flexibility index (Phi) is 4.40. The fourth-order valence-corrected chi connectivity index (χ4v) is 2.54. The summed E-state index contributed by atoms with van der Waals surface area (Å²) in [6.45, 7) is 0. The van der Waals surface area contributed by atoms with Crippen LogP contribution in [0.3, 0.4) is 0 Å². The number of hydrogen-bond donors (Lipinski definition) is 1. The van der Waals surface area contributed by atoms with Crippen LogP contribution in [-0.4, -0.2) is 5.11 Å². The Labute approximate surface area is 138 Å². The molecule has 0 aliphatic carbocycles. The van der Waals surface area contributed by atoms with Gasteiger partial charge in [-0.3, -0.25) is 0 Å². The quantitative estimate of drug-likeness (QED) is 0.677. The van der Waals surface area contributed by atoms with Crippen LogP contribution in [0.5, 0.6) is 0 Å². The molecule has 1 N–H and O–H groups in total. The number of aliphatic hydroxyl groups excluding tert-OH is 1. The summed E-state index contributed by atoms with van der Waals surface area (Å²) in [4.78, 5) is 0. The minimum atomic E-state index is -4.33. The highest BCUT2D eigenvalue weighted by Gasteiger charge is 2.29. The van der Waals surface area contributed by atoms with Gasteiger partial charge in [0.15, 0.2) is 0 Å². The lowest BCUT2D eigenvalue weighted by atomic mass is 9.98. The van der Waals surface area contributed by atoms with Gasteiger partial charge in [-0.2, -0.15) is 13.2 Å². The number of halogens is 3. The van der Waals surface area contributed by atoms with Crippen molar-refractivity contribution in [3.8, 4) is 11.1 Å². The molecule has 1 nitrogen and oxygen atoms in total. The molecule has 1 atom stereocenters. The average Bonchev–Trinajstić information content (AvgIpc) is 2.61. The van der Waals surface area contributed by atoms with Gasteiger partial charge in [0.2, 0.25) is 0 Å². The minimum absolute atomic E-state index is 0.664. The Morgan fingerprint density at radius 3 is 1.58 bits per heavy atom. The second-order valence-electron chi connectivity index (χ2n) is 5.51. The van der Waals surface area contributed by atoms with Crippen molar-refractivity contribution in [2.45, 2.75) is 12.3 Å². The molecule has 122 valence electrons. The Balaban J connectivity index is 1.82. The molecule has 24 heavy (non-hydrogen) atoms. The molecule has 3 aromatic rings. The van der Waals surface area contributed by atoms with E-state index < -0.39 is 17.8 Å². The van der Waals surface area contributed by atoms with Gasteiger partial charge in [0.05, 0.1) is 5.56 Å². The molecule has 4 heteroatoms. The number of alkyl halides is 3. The highest BCUT2D eigenvalue weighted by molar-refractivity contribution is 5.64. The van der Waals surface area contributed by atoms with E-state index in [0.717, 1.165) is 28.8 Å². The van der Waals surface area contributed by atoms with E-state index in [1.807, 2.05) is 30.3 Å². The second-order valence-corrected chi connectivity index (χ2v) is 5.51. The summed E-state index contributed by atoms with van der Waals surface area (Å²) in [7, 11) is 0. The number of hydrogen-bond acceptors (Lipinski definition) is 1. The summed E-state index contributed by atoms with van der Waals surface area (Å²) in [6.07, 6.45) is -5.06. The minimum Gasteiger partial charge on any atom is -0.384 e. The fourth-order valence-electron chi connectivity index (χ4n) is 2.54. The molecule has 0 fully saturated rings. The molecule has 0 aromatic heterocycles. The van der Waals surface area contributed by atoms with Crippen LogP contribution in [0.15, 0.2) is 78.9 Å². The predicted octanol–water partition coefficient (Wildman–Crippen LogP) is 5.45. The number of aliphatic hydroxyl groups is 1. The maximum absolute atomic E-state index is 12.6. The van der Waals surface area contributed by atoms with Gasteiger partial charge in [-0.15, -0.1) is 0 Å². The van der Waals surface area contributed by atoms with Gasteiger partial charge in [-0.1, -0.05) is 66.7 Å². The van der Waals surface area contributed by atoms with E-state index in [0.29, 0.717) is 5.56 Å². The van der Waals surface area contributed by atoms with Gasteiger partial charge in [-0.25, -0.2) is 0 Å². The van der Waals surface area contributed by atoms with E-state index >= 15 is 0 Å². The maximum atomic E-state index is 12.6. The van der Waals surface area contributed by atoms with Gasteiger partial charge in [0.1, 0.15) is 6.10 Å². The van der Waals surface area contributed by atoms with Gasteiger partial charge >= 0.3 is 6.18 Å². The van der Waals surface area contributed by atoms with Crippen molar-refractivity contribution in [3.63, 3.8) is 0 Å². The van der Waals surface area contributed by atoms with Crippen LogP contribution >= 0.6 is 0 Å². The second kappa shape index (κ2) is 6.49. The third-order valence-electron chi connectivity index (χ3n) is 3.89. The molecule has 0 aliphatic heterocycles. The van der Waals surface area contributed by atoms with Gasteiger partial charge < -0.3 is 5.11 Å². The first-order chi connectivity index (χ1) is 11.4.